The molecule has 0 aromatic rings. The number of allylic oxidation sites excluding steroid dienone is 2. The molecule has 0 saturated heterocycles. The van der Waals surface area contributed by atoms with Crippen molar-refractivity contribution in [2.45, 2.75) is 20.8 Å². The highest BCUT2D eigenvalue weighted by Gasteiger charge is 2.55. The van der Waals surface area contributed by atoms with Crippen LogP contribution in [0.5, 0.6) is 0 Å². The molecule has 1 heteroatoms. The average molecular weight is 140 g/mol. The summed E-state index contributed by atoms with van der Waals surface area (Å²) in [5.74, 6) is 1.12. The summed E-state index contributed by atoms with van der Waals surface area (Å²) in [4.78, 5) is 0. The summed E-state index contributed by atoms with van der Waals surface area (Å²) in [6, 6.07) is 0. The highest BCUT2D eigenvalue weighted by atomic mass is 16.3. The van der Waals surface area contributed by atoms with Gasteiger partial charge in [0.2, 0.25) is 0 Å². The molecule has 10 heavy (non-hydrogen) atoms. The van der Waals surface area contributed by atoms with Gasteiger partial charge in [0.1, 0.15) is 0 Å². The van der Waals surface area contributed by atoms with E-state index in [1.54, 1.807) is 0 Å². The second-order valence-corrected chi connectivity index (χ2v) is 3.66. The van der Waals surface area contributed by atoms with Crippen molar-refractivity contribution in [1.82, 2.24) is 0 Å². The van der Waals surface area contributed by atoms with Gasteiger partial charge in [-0.25, -0.2) is 0 Å². The zero-order chi connectivity index (χ0) is 7.78. The van der Waals surface area contributed by atoms with E-state index in [1.165, 1.54) is 0 Å². The molecule has 0 amide bonds. The van der Waals surface area contributed by atoms with Gasteiger partial charge >= 0.3 is 0 Å². The van der Waals surface area contributed by atoms with Crippen molar-refractivity contribution in [1.29, 1.82) is 0 Å². The number of aliphatic hydroxyl groups is 1. The van der Waals surface area contributed by atoms with Crippen LogP contribution in [-0.4, -0.2) is 11.7 Å². The first-order valence-electron chi connectivity index (χ1n) is 3.88. The second-order valence-electron chi connectivity index (χ2n) is 3.66. The van der Waals surface area contributed by atoms with Crippen molar-refractivity contribution in [2.75, 3.05) is 6.61 Å². The van der Waals surface area contributed by atoms with Crippen LogP contribution in [0, 0.1) is 17.3 Å². The van der Waals surface area contributed by atoms with Crippen molar-refractivity contribution in [2.24, 2.45) is 17.3 Å². The lowest BCUT2D eigenvalue weighted by Crippen LogP contribution is -1.93. The molecule has 1 fully saturated rings. The van der Waals surface area contributed by atoms with Gasteiger partial charge in [-0.2, -0.15) is 0 Å². The molecule has 0 bridgehead atoms. The second kappa shape index (κ2) is 2.39. The van der Waals surface area contributed by atoms with Crippen LogP contribution in [0.25, 0.3) is 0 Å². The number of rotatable bonds is 2. The van der Waals surface area contributed by atoms with E-state index in [-0.39, 0.29) is 0 Å². The Morgan fingerprint density at radius 1 is 1.50 bits per heavy atom. The lowest BCUT2D eigenvalue weighted by Gasteiger charge is -1.96. The molecule has 1 saturated carbocycles. The monoisotopic (exact) mass is 140 g/mol. The Labute approximate surface area is 62.8 Å². The molecule has 1 rings (SSSR count). The van der Waals surface area contributed by atoms with Gasteiger partial charge in [0.15, 0.2) is 0 Å². The maximum atomic E-state index is 8.90. The van der Waals surface area contributed by atoms with Crippen molar-refractivity contribution >= 4 is 0 Å². The lowest BCUT2D eigenvalue weighted by molar-refractivity contribution is 0.256. The maximum absolute atomic E-state index is 8.90. The fourth-order valence-corrected chi connectivity index (χ4v) is 1.72. The van der Waals surface area contributed by atoms with Crippen molar-refractivity contribution in [3.63, 3.8) is 0 Å². The van der Waals surface area contributed by atoms with Gasteiger partial charge in [-0.1, -0.05) is 26.0 Å². The minimum Gasteiger partial charge on any atom is -0.396 e. The van der Waals surface area contributed by atoms with Crippen molar-refractivity contribution in [3.8, 4) is 0 Å². The normalized spacial score (nSPS) is 36.8. The Balaban J connectivity index is 2.53. The van der Waals surface area contributed by atoms with Crippen LogP contribution in [0.15, 0.2) is 12.2 Å². The molecule has 0 aromatic heterocycles. The zero-order valence-corrected chi connectivity index (χ0v) is 6.96. The first kappa shape index (κ1) is 7.80. The molecular formula is C9H16O. The summed E-state index contributed by atoms with van der Waals surface area (Å²) in [5, 5.41) is 8.90. The molecule has 1 N–H and O–H groups in total. The van der Waals surface area contributed by atoms with E-state index in [1.807, 2.05) is 6.92 Å². The summed E-state index contributed by atoms with van der Waals surface area (Å²) < 4.78 is 0. The first-order valence-corrected chi connectivity index (χ1v) is 3.88. The summed E-state index contributed by atoms with van der Waals surface area (Å²) in [6.07, 6.45) is 4.27. The highest BCUT2D eigenvalue weighted by molar-refractivity contribution is 5.13. The van der Waals surface area contributed by atoms with E-state index in [9.17, 15) is 0 Å². The third-order valence-electron chi connectivity index (χ3n) is 2.74. The smallest absolute Gasteiger partial charge is 0.0470 e. The lowest BCUT2D eigenvalue weighted by atomic mass is 10.1. The largest absolute Gasteiger partial charge is 0.396 e. The predicted molar refractivity (Wildman–Crippen MR) is 42.7 cm³/mol. The predicted octanol–water partition coefficient (Wildman–Crippen LogP) is 1.83. The van der Waals surface area contributed by atoms with E-state index in [0.717, 1.165) is 0 Å². The minimum atomic E-state index is 0.335. The molecule has 0 aromatic carbocycles. The van der Waals surface area contributed by atoms with Gasteiger partial charge < -0.3 is 5.11 Å². The fraction of sp³-hybridized carbons (Fsp3) is 0.778. The molecule has 0 aliphatic heterocycles. The van der Waals surface area contributed by atoms with Gasteiger partial charge in [-0.15, -0.1) is 0 Å². The number of hydrogen-bond acceptors (Lipinski definition) is 1. The van der Waals surface area contributed by atoms with Gasteiger partial charge in [0, 0.05) is 6.61 Å². The van der Waals surface area contributed by atoms with Crippen molar-refractivity contribution < 1.29 is 5.11 Å². The Morgan fingerprint density at radius 2 is 2.10 bits per heavy atom. The molecule has 1 aliphatic carbocycles. The van der Waals surface area contributed by atoms with Crippen molar-refractivity contribution in [3.05, 3.63) is 12.2 Å². The van der Waals surface area contributed by atoms with Gasteiger partial charge in [-0.3, -0.25) is 0 Å². The van der Waals surface area contributed by atoms with E-state index >= 15 is 0 Å². The molecule has 0 heterocycles. The summed E-state index contributed by atoms with van der Waals surface area (Å²) in [7, 11) is 0. The molecule has 1 aliphatic rings. The Bertz CT molecular complexity index is 147. The molecule has 0 radical (unpaired) electrons. The zero-order valence-electron chi connectivity index (χ0n) is 6.96. The Morgan fingerprint density at radius 3 is 2.40 bits per heavy atom. The summed E-state index contributed by atoms with van der Waals surface area (Å²) in [5.41, 5.74) is 0.348. The summed E-state index contributed by atoms with van der Waals surface area (Å²) >= 11 is 0. The Kier molecular flexibility index (Phi) is 1.86. The van der Waals surface area contributed by atoms with E-state index < -0.39 is 0 Å². The number of hydrogen-bond donors (Lipinski definition) is 1. The third kappa shape index (κ3) is 0.988. The quantitative estimate of drug-likeness (QED) is 0.580. The third-order valence-corrected chi connectivity index (χ3v) is 2.74. The van der Waals surface area contributed by atoms with Gasteiger partial charge in [-0.05, 0) is 24.2 Å². The SMILES string of the molecule is CC=CC1C(CO)C1(C)C. The molecule has 1 nitrogen and oxygen atoms in total. The highest BCUT2D eigenvalue weighted by Crippen LogP contribution is 2.58. The number of aliphatic hydroxyl groups excluding tert-OH is 1. The van der Waals surface area contributed by atoms with E-state index in [2.05, 4.69) is 26.0 Å². The topological polar surface area (TPSA) is 20.2 Å². The van der Waals surface area contributed by atoms with Crippen LogP contribution in [0.4, 0.5) is 0 Å². The first-order chi connectivity index (χ1) is 4.64. The fourth-order valence-electron chi connectivity index (χ4n) is 1.72. The Hall–Kier alpha value is -0.300. The van der Waals surface area contributed by atoms with Gasteiger partial charge in [0.05, 0.1) is 0 Å². The molecule has 0 spiro atoms. The van der Waals surface area contributed by atoms with Crippen LogP contribution < -0.4 is 0 Å². The van der Waals surface area contributed by atoms with Crippen LogP contribution in [0.2, 0.25) is 0 Å². The minimum absolute atomic E-state index is 0.335. The molecule has 58 valence electrons. The van der Waals surface area contributed by atoms with E-state index in [4.69, 9.17) is 5.11 Å². The maximum Gasteiger partial charge on any atom is 0.0470 e. The van der Waals surface area contributed by atoms with Crippen LogP contribution in [-0.2, 0) is 0 Å². The van der Waals surface area contributed by atoms with E-state index in [0.29, 0.717) is 23.9 Å². The molecule has 2 unspecified atom stereocenters. The molecule has 2 atom stereocenters. The standard InChI is InChI=1S/C9H16O/c1-4-5-7-8(6-10)9(7,2)3/h4-5,7-8,10H,6H2,1-3H3. The van der Waals surface area contributed by atoms with Crippen LogP contribution in [0.1, 0.15) is 20.8 Å². The summed E-state index contributed by atoms with van der Waals surface area (Å²) in [6.45, 7) is 6.78. The average Bonchev–Trinajstić information content (AvgIpc) is 2.36. The molecular weight excluding hydrogens is 124 g/mol. The van der Waals surface area contributed by atoms with Gasteiger partial charge in [0.25, 0.3) is 0 Å². The van der Waals surface area contributed by atoms with Crippen LogP contribution in [0.3, 0.4) is 0 Å². The van der Waals surface area contributed by atoms with Crippen LogP contribution >= 0.6 is 0 Å².